The molecule has 0 saturated heterocycles. The summed E-state index contributed by atoms with van der Waals surface area (Å²) in [5.41, 5.74) is 6.45. The maximum Gasteiger partial charge on any atom is 0.225 e. The van der Waals surface area contributed by atoms with E-state index in [1.54, 1.807) is 0 Å². The third-order valence-corrected chi connectivity index (χ3v) is 3.09. The van der Waals surface area contributed by atoms with E-state index in [1.807, 2.05) is 25.1 Å². The molecule has 3 N–H and O–H groups in total. The van der Waals surface area contributed by atoms with Crippen molar-refractivity contribution < 1.29 is 4.79 Å². The van der Waals surface area contributed by atoms with Crippen LogP contribution in [0.2, 0.25) is 0 Å². The quantitative estimate of drug-likeness (QED) is 0.780. The molecule has 0 saturated carbocycles. The molecule has 0 radical (unpaired) electrons. The fourth-order valence-electron chi connectivity index (χ4n) is 1.94. The van der Waals surface area contributed by atoms with Crippen molar-refractivity contribution in [2.75, 3.05) is 11.9 Å². The molecule has 0 aromatic carbocycles. The standard InChI is InChI=1S/C14H23N3O/c1-3-12(9-10-15)7-8-14(18)17-13-6-4-5-11(2)16-13/h4-6,12H,3,7-10,15H2,1-2H3,(H,16,17,18). The molecule has 0 aliphatic rings. The lowest BCUT2D eigenvalue weighted by Gasteiger charge is -2.13. The Hall–Kier alpha value is -1.42. The Bertz CT molecular complexity index is 379. The number of carbonyl (C=O) groups is 1. The number of pyridine rings is 1. The van der Waals surface area contributed by atoms with Crippen molar-refractivity contribution in [1.29, 1.82) is 0 Å². The lowest BCUT2D eigenvalue weighted by atomic mass is 9.96. The molecule has 1 aromatic rings. The van der Waals surface area contributed by atoms with Gasteiger partial charge in [0.05, 0.1) is 0 Å². The number of rotatable bonds is 7. The number of hydrogen-bond acceptors (Lipinski definition) is 3. The maximum absolute atomic E-state index is 11.8. The minimum Gasteiger partial charge on any atom is -0.330 e. The Kier molecular flexibility index (Phi) is 6.36. The number of nitrogens with two attached hydrogens (primary N) is 1. The van der Waals surface area contributed by atoms with Crippen molar-refractivity contribution in [3.63, 3.8) is 0 Å². The van der Waals surface area contributed by atoms with Gasteiger partial charge in [-0.3, -0.25) is 4.79 Å². The molecule has 4 heteroatoms. The van der Waals surface area contributed by atoms with E-state index in [9.17, 15) is 4.79 Å². The second-order valence-corrected chi connectivity index (χ2v) is 4.60. The number of nitrogens with zero attached hydrogens (tertiary/aromatic N) is 1. The first-order valence-electron chi connectivity index (χ1n) is 6.59. The fraction of sp³-hybridized carbons (Fsp3) is 0.571. The number of aromatic nitrogens is 1. The third-order valence-electron chi connectivity index (χ3n) is 3.09. The summed E-state index contributed by atoms with van der Waals surface area (Å²) in [7, 11) is 0. The van der Waals surface area contributed by atoms with Crippen LogP contribution in [0.15, 0.2) is 18.2 Å². The van der Waals surface area contributed by atoms with Gasteiger partial charge in [-0.25, -0.2) is 4.98 Å². The van der Waals surface area contributed by atoms with E-state index in [-0.39, 0.29) is 5.91 Å². The highest BCUT2D eigenvalue weighted by molar-refractivity contribution is 5.89. The molecular formula is C14H23N3O. The van der Waals surface area contributed by atoms with E-state index in [0.29, 0.717) is 24.7 Å². The molecule has 1 aromatic heterocycles. The summed E-state index contributed by atoms with van der Waals surface area (Å²) < 4.78 is 0. The molecular weight excluding hydrogens is 226 g/mol. The summed E-state index contributed by atoms with van der Waals surface area (Å²) in [6.07, 6.45) is 3.50. The highest BCUT2D eigenvalue weighted by Crippen LogP contribution is 2.15. The summed E-state index contributed by atoms with van der Waals surface area (Å²) in [5.74, 6) is 1.21. The monoisotopic (exact) mass is 249 g/mol. The van der Waals surface area contributed by atoms with Gasteiger partial charge in [0.1, 0.15) is 5.82 Å². The third kappa shape index (κ3) is 5.27. The van der Waals surface area contributed by atoms with Crippen LogP contribution in [0, 0.1) is 12.8 Å². The van der Waals surface area contributed by atoms with E-state index in [2.05, 4.69) is 17.2 Å². The van der Waals surface area contributed by atoms with Crippen LogP contribution in [0.4, 0.5) is 5.82 Å². The van der Waals surface area contributed by atoms with E-state index >= 15 is 0 Å². The molecule has 0 aliphatic carbocycles. The van der Waals surface area contributed by atoms with Crippen molar-refractivity contribution >= 4 is 11.7 Å². The van der Waals surface area contributed by atoms with Crippen LogP contribution in [0.25, 0.3) is 0 Å². The molecule has 4 nitrogen and oxygen atoms in total. The molecule has 1 rings (SSSR count). The van der Waals surface area contributed by atoms with Gasteiger partial charge in [-0.15, -0.1) is 0 Å². The predicted octanol–water partition coefficient (Wildman–Crippen LogP) is 2.48. The fourth-order valence-corrected chi connectivity index (χ4v) is 1.94. The van der Waals surface area contributed by atoms with Crippen molar-refractivity contribution in [2.45, 2.75) is 39.5 Å². The lowest BCUT2D eigenvalue weighted by molar-refractivity contribution is -0.116. The summed E-state index contributed by atoms with van der Waals surface area (Å²) in [4.78, 5) is 16.0. The molecule has 18 heavy (non-hydrogen) atoms. The Morgan fingerprint density at radius 2 is 2.22 bits per heavy atom. The van der Waals surface area contributed by atoms with Gasteiger partial charge in [-0.2, -0.15) is 0 Å². The normalized spacial score (nSPS) is 12.2. The summed E-state index contributed by atoms with van der Waals surface area (Å²) in [6, 6.07) is 5.60. The molecule has 0 aliphatic heterocycles. The summed E-state index contributed by atoms with van der Waals surface area (Å²) in [5, 5.41) is 2.82. The van der Waals surface area contributed by atoms with Crippen molar-refractivity contribution in [3.05, 3.63) is 23.9 Å². The molecule has 100 valence electrons. The predicted molar refractivity (Wildman–Crippen MR) is 74.3 cm³/mol. The number of nitrogens with one attached hydrogen (secondary N) is 1. The van der Waals surface area contributed by atoms with Crippen molar-refractivity contribution in [3.8, 4) is 0 Å². The van der Waals surface area contributed by atoms with Crippen LogP contribution >= 0.6 is 0 Å². The summed E-state index contributed by atoms with van der Waals surface area (Å²) in [6.45, 7) is 4.74. The van der Waals surface area contributed by atoms with E-state index in [4.69, 9.17) is 5.73 Å². The van der Waals surface area contributed by atoms with Crippen LogP contribution in [-0.2, 0) is 4.79 Å². The smallest absolute Gasteiger partial charge is 0.225 e. The average molecular weight is 249 g/mol. The first kappa shape index (κ1) is 14.6. The Balaban J connectivity index is 2.37. The molecule has 1 unspecified atom stereocenters. The molecule has 0 bridgehead atoms. The molecule has 1 amide bonds. The zero-order valence-electron chi connectivity index (χ0n) is 11.3. The SMILES string of the molecule is CCC(CCN)CCC(=O)Nc1cccc(C)n1. The van der Waals surface area contributed by atoms with Crippen LogP contribution in [0.3, 0.4) is 0 Å². The van der Waals surface area contributed by atoms with Crippen LogP contribution in [-0.4, -0.2) is 17.4 Å². The van der Waals surface area contributed by atoms with Gasteiger partial charge in [0, 0.05) is 12.1 Å². The van der Waals surface area contributed by atoms with Gasteiger partial charge in [0.15, 0.2) is 0 Å². The Labute approximate surface area is 109 Å². The Morgan fingerprint density at radius 3 is 2.83 bits per heavy atom. The van der Waals surface area contributed by atoms with Crippen LogP contribution in [0.5, 0.6) is 0 Å². The van der Waals surface area contributed by atoms with E-state index in [0.717, 1.165) is 25.0 Å². The number of amides is 1. The van der Waals surface area contributed by atoms with E-state index in [1.165, 1.54) is 0 Å². The van der Waals surface area contributed by atoms with Gasteiger partial charge in [0.25, 0.3) is 0 Å². The number of hydrogen-bond donors (Lipinski definition) is 2. The second kappa shape index (κ2) is 7.82. The minimum absolute atomic E-state index is 0.0311. The summed E-state index contributed by atoms with van der Waals surface area (Å²) >= 11 is 0. The highest BCUT2D eigenvalue weighted by Gasteiger charge is 2.09. The second-order valence-electron chi connectivity index (χ2n) is 4.60. The van der Waals surface area contributed by atoms with Gasteiger partial charge in [-0.1, -0.05) is 19.4 Å². The molecule has 1 atom stereocenters. The zero-order valence-corrected chi connectivity index (χ0v) is 11.3. The number of carbonyl (C=O) groups excluding carboxylic acids is 1. The maximum atomic E-state index is 11.8. The zero-order chi connectivity index (χ0) is 13.4. The van der Waals surface area contributed by atoms with Crippen molar-refractivity contribution in [1.82, 2.24) is 4.98 Å². The van der Waals surface area contributed by atoms with Gasteiger partial charge in [0.2, 0.25) is 5.91 Å². The Morgan fingerprint density at radius 1 is 1.44 bits per heavy atom. The average Bonchev–Trinajstić information content (AvgIpc) is 2.34. The number of anilines is 1. The molecule has 0 fully saturated rings. The minimum atomic E-state index is 0.0311. The van der Waals surface area contributed by atoms with Crippen LogP contribution < -0.4 is 11.1 Å². The topological polar surface area (TPSA) is 68.0 Å². The van der Waals surface area contributed by atoms with Crippen LogP contribution in [0.1, 0.15) is 38.3 Å². The van der Waals surface area contributed by atoms with Gasteiger partial charge < -0.3 is 11.1 Å². The van der Waals surface area contributed by atoms with E-state index < -0.39 is 0 Å². The highest BCUT2D eigenvalue weighted by atomic mass is 16.1. The molecule has 0 spiro atoms. The largest absolute Gasteiger partial charge is 0.330 e. The van der Waals surface area contributed by atoms with Crippen molar-refractivity contribution in [2.24, 2.45) is 11.7 Å². The first-order valence-corrected chi connectivity index (χ1v) is 6.59. The first-order chi connectivity index (χ1) is 8.65. The van der Waals surface area contributed by atoms with Gasteiger partial charge >= 0.3 is 0 Å². The number of aryl methyl sites for hydroxylation is 1. The lowest BCUT2D eigenvalue weighted by Crippen LogP contribution is -2.15. The molecule has 1 heterocycles. The van der Waals surface area contributed by atoms with Gasteiger partial charge in [-0.05, 0) is 44.4 Å².